The number of benzene rings is 2. The minimum Gasteiger partial charge on any atom is -0.493 e. The van der Waals surface area contributed by atoms with E-state index in [1.807, 2.05) is 18.2 Å². The molecule has 2 N–H and O–H groups in total. The fraction of sp³-hybridized carbons (Fsp3) is 0.292. The first kappa shape index (κ1) is 24.1. The van der Waals surface area contributed by atoms with Gasteiger partial charge < -0.3 is 9.47 Å². The highest BCUT2D eigenvalue weighted by Crippen LogP contribution is 2.28. The molecular weight excluding hydrogens is 444 g/mol. The molecule has 0 atom stereocenters. The van der Waals surface area contributed by atoms with Crippen LogP contribution in [0.3, 0.4) is 0 Å². The van der Waals surface area contributed by atoms with Gasteiger partial charge in [0.25, 0.3) is 11.8 Å². The largest absolute Gasteiger partial charge is 0.493 e. The molecule has 0 saturated carbocycles. The minimum atomic E-state index is -0.491. The van der Waals surface area contributed by atoms with Crippen molar-refractivity contribution in [2.45, 2.75) is 26.8 Å². The molecule has 3 rings (SSSR count). The van der Waals surface area contributed by atoms with E-state index in [1.54, 1.807) is 35.1 Å². The van der Waals surface area contributed by atoms with Crippen molar-refractivity contribution in [3.05, 3.63) is 76.6 Å². The zero-order valence-corrected chi connectivity index (χ0v) is 19.6. The molecule has 0 aliphatic heterocycles. The number of rotatable bonds is 9. The molecule has 0 saturated heterocycles. The van der Waals surface area contributed by atoms with Crippen LogP contribution in [-0.4, -0.2) is 35.3 Å². The quantitative estimate of drug-likeness (QED) is 0.459. The highest BCUT2D eigenvalue weighted by Gasteiger charge is 2.14. The van der Waals surface area contributed by atoms with Crippen LogP contribution in [0.25, 0.3) is 0 Å². The number of amides is 2. The Bertz CT molecular complexity index is 1110. The molecule has 2 aromatic carbocycles. The number of halogens is 1. The van der Waals surface area contributed by atoms with Gasteiger partial charge in [0.05, 0.1) is 32.0 Å². The molecule has 1 heterocycles. The Hall–Kier alpha value is -3.52. The smallest absolute Gasteiger partial charge is 0.272 e. The average Bonchev–Trinajstić information content (AvgIpc) is 3.27. The van der Waals surface area contributed by atoms with Crippen LogP contribution < -0.4 is 20.3 Å². The zero-order chi connectivity index (χ0) is 23.8. The molecule has 174 valence electrons. The minimum absolute atomic E-state index is 0.300. The first-order valence-corrected chi connectivity index (χ1v) is 10.9. The molecular formula is C24H27ClN4O4. The van der Waals surface area contributed by atoms with Gasteiger partial charge in [0.1, 0.15) is 0 Å². The molecule has 0 aliphatic rings. The number of carbonyl (C=O) groups excluding carboxylic acids is 2. The van der Waals surface area contributed by atoms with E-state index < -0.39 is 11.8 Å². The summed E-state index contributed by atoms with van der Waals surface area (Å²) in [4.78, 5) is 24.9. The van der Waals surface area contributed by atoms with Gasteiger partial charge in [-0.15, -0.1) is 0 Å². The lowest BCUT2D eigenvalue weighted by Gasteiger charge is -2.13. The average molecular weight is 471 g/mol. The third-order valence-electron chi connectivity index (χ3n) is 4.85. The summed E-state index contributed by atoms with van der Waals surface area (Å²) in [5.41, 5.74) is 6.30. The van der Waals surface area contributed by atoms with Gasteiger partial charge in [0, 0.05) is 16.8 Å². The first-order valence-electron chi connectivity index (χ1n) is 10.5. The molecule has 2 amide bonds. The second-order valence-corrected chi connectivity index (χ2v) is 8.23. The fourth-order valence-electron chi connectivity index (χ4n) is 2.96. The van der Waals surface area contributed by atoms with Crippen molar-refractivity contribution in [3.63, 3.8) is 0 Å². The number of methoxy groups -OCH3 is 1. The topological polar surface area (TPSA) is 94.5 Å². The Kier molecular flexibility index (Phi) is 8.32. The molecule has 0 unspecified atom stereocenters. The van der Waals surface area contributed by atoms with Crippen molar-refractivity contribution in [2.75, 3.05) is 13.7 Å². The van der Waals surface area contributed by atoms with Gasteiger partial charge >= 0.3 is 0 Å². The van der Waals surface area contributed by atoms with Gasteiger partial charge in [0.2, 0.25) is 0 Å². The summed E-state index contributed by atoms with van der Waals surface area (Å²) >= 11 is 6.17. The summed E-state index contributed by atoms with van der Waals surface area (Å²) < 4.78 is 12.7. The van der Waals surface area contributed by atoms with Crippen LogP contribution in [0.15, 0.2) is 54.9 Å². The van der Waals surface area contributed by atoms with Crippen molar-refractivity contribution in [1.29, 1.82) is 0 Å². The molecule has 0 spiro atoms. The Morgan fingerprint density at radius 3 is 2.48 bits per heavy atom. The number of hydrazine groups is 1. The van der Waals surface area contributed by atoms with Gasteiger partial charge in [-0.1, -0.05) is 43.6 Å². The lowest BCUT2D eigenvalue weighted by Crippen LogP contribution is -2.41. The monoisotopic (exact) mass is 470 g/mol. The van der Waals surface area contributed by atoms with Gasteiger partial charge in [-0.2, -0.15) is 5.10 Å². The van der Waals surface area contributed by atoms with E-state index in [4.69, 9.17) is 21.1 Å². The van der Waals surface area contributed by atoms with Gasteiger partial charge in [-0.3, -0.25) is 25.1 Å². The molecule has 0 radical (unpaired) electrons. The predicted octanol–water partition coefficient (Wildman–Crippen LogP) is 4.09. The van der Waals surface area contributed by atoms with Crippen LogP contribution in [-0.2, 0) is 6.54 Å². The highest BCUT2D eigenvalue weighted by atomic mass is 35.5. The second kappa shape index (κ2) is 11.4. The molecule has 1 aromatic heterocycles. The SMILES string of the molecule is COc1cc(C(=O)NNC(=O)c2cnn(Cc3ccccc3Cl)c2)ccc1OCCC(C)C. The van der Waals surface area contributed by atoms with Crippen molar-refractivity contribution in [3.8, 4) is 11.5 Å². The van der Waals surface area contributed by atoms with Crippen LogP contribution in [0.5, 0.6) is 11.5 Å². The van der Waals surface area contributed by atoms with E-state index in [0.29, 0.717) is 46.7 Å². The maximum Gasteiger partial charge on any atom is 0.272 e. The van der Waals surface area contributed by atoms with Crippen molar-refractivity contribution in [1.82, 2.24) is 20.6 Å². The summed E-state index contributed by atoms with van der Waals surface area (Å²) in [6.07, 6.45) is 3.91. The van der Waals surface area contributed by atoms with Crippen LogP contribution in [0.1, 0.15) is 46.5 Å². The zero-order valence-electron chi connectivity index (χ0n) is 18.8. The van der Waals surface area contributed by atoms with E-state index in [2.05, 4.69) is 29.8 Å². The van der Waals surface area contributed by atoms with Gasteiger partial charge in [-0.05, 0) is 42.2 Å². The molecule has 9 heteroatoms. The van der Waals surface area contributed by atoms with E-state index in [-0.39, 0.29) is 0 Å². The molecule has 8 nitrogen and oxygen atoms in total. The number of hydrogen-bond donors (Lipinski definition) is 2. The van der Waals surface area contributed by atoms with Crippen molar-refractivity contribution >= 4 is 23.4 Å². The molecule has 0 aliphatic carbocycles. The maximum absolute atomic E-state index is 12.5. The number of nitrogens with one attached hydrogen (secondary N) is 2. The predicted molar refractivity (Wildman–Crippen MR) is 126 cm³/mol. The third kappa shape index (κ3) is 6.73. The lowest BCUT2D eigenvalue weighted by molar-refractivity contribution is 0.0846. The van der Waals surface area contributed by atoms with Crippen LogP contribution in [0, 0.1) is 5.92 Å². The van der Waals surface area contributed by atoms with E-state index >= 15 is 0 Å². The lowest BCUT2D eigenvalue weighted by atomic mass is 10.1. The molecule has 0 bridgehead atoms. The third-order valence-corrected chi connectivity index (χ3v) is 5.22. The summed E-state index contributed by atoms with van der Waals surface area (Å²) in [5, 5.41) is 4.80. The Balaban J connectivity index is 1.56. The van der Waals surface area contributed by atoms with Gasteiger partial charge in [-0.25, -0.2) is 0 Å². The van der Waals surface area contributed by atoms with Crippen LogP contribution in [0.4, 0.5) is 0 Å². The number of carbonyl (C=O) groups is 2. The summed E-state index contributed by atoms with van der Waals surface area (Å²) in [6.45, 7) is 5.21. The second-order valence-electron chi connectivity index (χ2n) is 7.82. The Morgan fingerprint density at radius 1 is 1.06 bits per heavy atom. The summed E-state index contributed by atoms with van der Waals surface area (Å²) in [7, 11) is 1.51. The number of ether oxygens (including phenoxy) is 2. The van der Waals surface area contributed by atoms with Crippen molar-refractivity contribution in [2.24, 2.45) is 5.92 Å². The number of hydrogen-bond acceptors (Lipinski definition) is 5. The van der Waals surface area contributed by atoms with E-state index in [9.17, 15) is 9.59 Å². The van der Waals surface area contributed by atoms with Crippen LogP contribution in [0.2, 0.25) is 5.02 Å². The Labute approximate surface area is 197 Å². The maximum atomic E-state index is 12.5. The van der Waals surface area contributed by atoms with Crippen LogP contribution >= 0.6 is 11.6 Å². The number of nitrogens with zero attached hydrogens (tertiary/aromatic N) is 2. The first-order chi connectivity index (χ1) is 15.9. The molecule has 33 heavy (non-hydrogen) atoms. The van der Waals surface area contributed by atoms with E-state index in [1.165, 1.54) is 13.3 Å². The standard InChI is InChI=1S/C24H27ClN4O4/c1-16(2)10-11-33-21-9-8-17(12-22(21)32-3)23(30)27-28-24(31)19-13-26-29(15-19)14-18-6-4-5-7-20(18)25/h4-9,12-13,15-16H,10-11,14H2,1-3H3,(H,27,30)(H,28,31). The Morgan fingerprint density at radius 2 is 1.79 bits per heavy atom. The molecule has 3 aromatic rings. The number of aromatic nitrogens is 2. The van der Waals surface area contributed by atoms with Gasteiger partial charge in [0.15, 0.2) is 11.5 Å². The summed E-state index contributed by atoms with van der Waals surface area (Å²) in [5.74, 6) is 0.546. The highest BCUT2D eigenvalue weighted by molar-refractivity contribution is 6.31. The van der Waals surface area contributed by atoms with E-state index in [0.717, 1.165) is 12.0 Å². The fourth-order valence-corrected chi connectivity index (χ4v) is 3.15. The molecule has 0 fully saturated rings. The normalized spacial score (nSPS) is 10.7. The van der Waals surface area contributed by atoms with Crippen molar-refractivity contribution < 1.29 is 19.1 Å². The summed E-state index contributed by atoms with van der Waals surface area (Å²) in [6, 6.07) is 12.3.